The molecule has 0 bridgehead atoms. The molecular weight excluding hydrogens is 316 g/mol. The number of halogens is 2. The lowest BCUT2D eigenvalue weighted by Gasteiger charge is -2.29. The van der Waals surface area contributed by atoms with Gasteiger partial charge in [-0.3, -0.25) is 4.90 Å². The first-order chi connectivity index (χ1) is 8.66. The summed E-state index contributed by atoms with van der Waals surface area (Å²) >= 11 is 9.40. The topological polar surface area (TPSA) is 31.4 Å². The van der Waals surface area contributed by atoms with Crippen molar-refractivity contribution >= 4 is 33.3 Å². The molecule has 6 heteroatoms. The normalized spacial score (nSPS) is 16.8. The standard InChI is InChI=1S/C12H18BrClN4/c1-17(6-7-18-4-2-15-3-5-18)12-11(13)8-10(14)9-16-12/h8-9,15H,2-7H2,1H3. The number of hydrogen-bond acceptors (Lipinski definition) is 4. The minimum atomic E-state index is 0.654. The third kappa shape index (κ3) is 3.82. The summed E-state index contributed by atoms with van der Waals surface area (Å²) in [6, 6.07) is 1.88. The molecule has 1 saturated heterocycles. The van der Waals surface area contributed by atoms with Crippen molar-refractivity contribution in [2.75, 3.05) is 51.2 Å². The van der Waals surface area contributed by atoms with Crippen molar-refractivity contribution in [1.82, 2.24) is 15.2 Å². The van der Waals surface area contributed by atoms with E-state index in [2.05, 4.69) is 43.1 Å². The molecule has 0 aliphatic carbocycles. The number of aromatic nitrogens is 1. The van der Waals surface area contributed by atoms with Gasteiger partial charge in [-0.2, -0.15) is 0 Å². The first kappa shape index (κ1) is 14.1. The quantitative estimate of drug-likeness (QED) is 0.911. The van der Waals surface area contributed by atoms with Gasteiger partial charge in [0.05, 0.1) is 9.50 Å². The Morgan fingerprint density at radius 2 is 2.22 bits per heavy atom. The number of nitrogens with one attached hydrogen (secondary N) is 1. The molecular formula is C12H18BrClN4. The van der Waals surface area contributed by atoms with E-state index >= 15 is 0 Å². The zero-order valence-electron chi connectivity index (χ0n) is 10.5. The molecule has 0 unspecified atom stereocenters. The fourth-order valence-electron chi connectivity index (χ4n) is 2.02. The van der Waals surface area contributed by atoms with Crippen molar-refractivity contribution < 1.29 is 0 Å². The van der Waals surface area contributed by atoms with E-state index in [-0.39, 0.29) is 0 Å². The van der Waals surface area contributed by atoms with Gasteiger partial charge >= 0.3 is 0 Å². The fourth-order valence-corrected chi connectivity index (χ4v) is 2.96. The van der Waals surface area contributed by atoms with E-state index in [0.29, 0.717) is 5.02 Å². The molecule has 1 aliphatic heterocycles. The maximum atomic E-state index is 5.89. The first-order valence-corrected chi connectivity index (χ1v) is 7.29. The average molecular weight is 334 g/mol. The van der Waals surface area contributed by atoms with Gasteiger partial charge in [0, 0.05) is 52.5 Å². The second kappa shape index (κ2) is 6.70. The average Bonchev–Trinajstić information content (AvgIpc) is 2.37. The minimum absolute atomic E-state index is 0.654. The molecule has 100 valence electrons. The molecule has 1 aliphatic rings. The van der Waals surface area contributed by atoms with Crippen LogP contribution in [0.3, 0.4) is 0 Å². The highest BCUT2D eigenvalue weighted by Gasteiger charge is 2.12. The predicted molar refractivity (Wildman–Crippen MR) is 79.5 cm³/mol. The zero-order chi connectivity index (χ0) is 13.0. The molecule has 0 radical (unpaired) electrons. The lowest BCUT2D eigenvalue weighted by Crippen LogP contribution is -2.46. The summed E-state index contributed by atoms with van der Waals surface area (Å²) in [7, 11) is 2.06. The number of nitrogens with zero attached hydrogens (tertiary/aromatic N) is 3. The molecule has 0 amide bonds. The van der Waals surface area contributed by atoms with Crippen molar-refractivity contribution in [3.8, 4) is 0 Å². The van der Waals surface area contributed by atoms with Crippen LogP contribution in [0, 0.1) is 0 Å². The van der Waals surface area contributed by atoms with Crippen LogP contribution >= 0.6 is 27.5 Å². The monoisotopic (exact) mass is 332 g/mol. The zero-order valence-corrected chi connectivity index (χ0v) is 12.8. The van der Waals surface area contributed by atoms with Crippen molar-refractivity contribution in [3.63, 3.8) is 0 Å². The van der Waals surface area contributed by atoms with Crippen LogP contribution in [-0.4, -0.2) is 56.2 Å². The third-order valence-electron chi connectivity index (χ3n) is 3.11. The molecule has 0 spiro atoms. The highest BCUT2D eigenvalue weighted by atomic mass is 79.9. The van der Waals surface area contributed by atoms with Gasteiger partial charge in [-0.15, -0.1) is 0 Å². The Bertz CT molecular complexity index is 396. The summed E-state index contributed by atoms with van der Waals surface area (Å²) in [5.41, 5.74) is 0. The summed E-state index contributed by atoms with van der Waals surface area (Å²) in [4.78, 5) is 8.98. The highest BCUT2D eigenvalue weighted by Crippen LogP contribution is 2.25. The second-order valence-corrected chi connectivity index (χ2v) is 5.76. The molecule has 1 N–H and O–H groups in total. The van der Waals surface area contributed by atoms with Gasteiger partial charge in [-0.05, 0) is 22.0 Å². The summed E-state index contributed by atoms with van der Waals surface area (Å²) in [6.45, 7) is 6.47. The maximum Gasteiger partial charge on any atom is 0.142 e. The molecule has 0 atom stereocenters. The number of hydrogen-bond donors (Lipinski definition) is 1. The van der Waals surface area contributed by atoms with Crippen molar-refractivity contribution in [2.24, 2.45) is 0 Å². The maximum absolute atomic E-state index is 5.89. The largest absolute Gasteiger partial charge is 0.357 e. The van der Waals surface area contributed by atoms with Crippen LogP contribution in [0.25, 0.3) is 0 Å². The van der Waals surface area contributed by atoms with Gasteiger partial charge in [0.2, 0.25) is 0 Å². The summed E-state index contributed by atoms with van der Waals surface area (Å²) in [5, 5.41) is 4.01. The summed E-state index contributed by atoms with van der Waals surface area (Å²) in [5.74, 6) is 0.939. The molecule has 4 nitrogen and oxygen atoms in total. The van der Waals surface area contributed by atoms with Gasteiger partial charge in [0.1, 0.15) is 5.82 Å². The Balaban J connectivity index is 1.88. The number of pyridine rings is 1. The van der Waals surface area contributed by atoms with Crippen molar-refractivity contribution in [3.05, 3.63) is 21.8 Å². The molecule has 1 aromatic rings. The molecule has 2 heterocycles. The Morgan fingerprint density at radius 1 is 1.50 bits per heavy atom. The highest BCUT2D eigenvalue weighted by molar-refractivity contribution is 9.10. The van der Waals surface area contributed by atoms with Gasteiger partial charge in [-0.1, -0.05) is 11.6 Å². The van der Waals surface area contributed by atoms with Crippen LogP contribution in [0.4, 0.5) is 5.82 Å². The van der Waals surface area contributed by atoms with Crippen LogP contribution < -0.4 is 10.2 Å². The molecule has 18 heavy (non-hydrogen) atoms. The number of likely N-dealkylation sites (N-methyl/N-ethyl adjacent to an activating group) is 1. The summed E-state index contributed by atoms with van der Waals surface area (Å²) in [6.07, 6.45) is 1.68. The SMILES string of the molecule is CN(CCN1CCNCC1)c1ncc(Cl)cc1Br. The van der Waals surface area contributed by atoms with Gasteiger partial charge in [0.25, 0.3) is 0 Å². The van der Waals surface area contributed by atoms with Gasteiger partial charge in [-0.25, -0.2) is 4.98 Å². The Hall–Kier alpha value is -0.360. The number of anilines is 1. The number of piperazine rings is 1. The summed E-state index contributed by atoms with van der Waals surface area (Å²) < 4.78 is 0.942. The van der Waals surface area contributed by atoms with E-state index in [1.54, 1.807) is 6.20 Å². The minimum Gasteiger partial charge on any atom is -0.357 e. The van der Waals surface area contributed by atoms with E-state index < -0.39 is 0 Å². The van der Waals surface area contributed by atoms with E-state index in [9.17, 15) is 0 Å². The lowest BCUT2D eigenvalue weighted by atomic mass is 10.3. The van der Waals surface area contributed by atoms with E-state index in [1.165, 1.54) is 0 Å². The van der Waals surface area contributed by atoms with Gasteiger partial charge in [0.15, 0.2) is 0 Å². The Kier molecular flexibility index (Phi) is 5.24. The molecule has 1 aromatic heterocycles. The Labute approximate surface area is 121 Å². The van der Waals surface area contributed by atoms with Crippen LogP contribution in [0.2, 0.25) is 5.02 Å². The van der Waals surface area contributed by atoms with E-state index in [0.717, 1.165) is 49.6 Å². The van der Waals surface area contributed by atoms with Crippen LogP contribution in [0.1, 0.15) is 0 Å². The number of rotatable bonds is 4. The fraction of sp³-hybridized carbons (Fsp3) is 0.583. The Morgan fingerprint density at radius 3 is 2.89 bits per heavy atom. The van der Waals surface area contributed by atoms with Gasteiger partial charge < -0.3 is 10.2 Å². The first-order valence-electron chi connectivity index (χ1n) is 6.12. The van der Waals surface area contributed by atoms with E-state index in [4.69, 9.17) is 11.6 Å². The molecule has 0 aromatic carbocycles. The third-order valence-corrected chi connectivity index (χ3v) is 3.90. The molecule has 1 fully saturated rings. The van der Waals surface area contributed by atoms with Crippen LogP contribution in [0.15, 0.2) is 16.7 Å². The van der Waals surface area contributed by atoms with Crippen LogP contribution in [-0.2, 0) is 0 Å². The van der Waals surface area contributed by atoms with E-state index in [1.807, 2.05) is 6.07 Å². The molecule has 0 saturated carbocycles. The predicted octanol–water partition coefficient (Wildman–Crippen LogP) is 1.84. The second-order valence-electron chi connectivity index (χ2n) is 4.47. The lowest BCUT2D eigenvalue weighted by molar-refractivity contribution is 0.246. The van der Waals surface area contributed by atoms with Crippen molar-refractivity contribution in [1.29, 1.82) is 0 Å². The van der Waals surface area contributed by atoms with Crippen LogP contribution in [0.5, 0.6) is 0 Å². The smallest absolute Gasteiger partial charge is 0.142 e. The molecule has 2 rings (SSSR count). The van der Waals surface area contributed by atoms with Crippen molar-refractivity contribution in [2.45, 2.75) is 0 Å².